The van der Waals surface area contributed by atoms with E-state index in [1.54, 1.807) is 37.3 Å². The Morgan fingerprint density at radius 2 is 1.85 bits per heavy atom. The summed E-state index contributed by atoms with van der Waals surface area (Å²) < 4.78 is 10.6. The van der Waals surface area contributed by atoms with E-state index in [1.807, 2.05) is 31.2 Å². The number of rotatable bonds is 6. The number of urea groups is 1. The van der Waals surface area contributed by atoms with Gasteiger partial charge in [-0.05, 0) is 44.0 Å². The standard InChI is InChI=1S/C23H25N5O4S/c1-14-6-8-15(9-7-14)24-20(29)22-27-26-21(33-22)18-5-4-12-28(18)23(30)25-17-13-16(31-2)10-11-19(17)32-3/h6-11,13,18H,4-5,12H2,1-3H3,(H,24,29)(H,25,30)/t18-/m0/s1. The van der Waals surface area contributed by atoms with Crippen molar-refractivity contribution in [1.82, 2.24) is 15.1 Å². The lowest BCUT2D eigenvalue weighted by Gasteiger charge is -2.23. The number of hydrogen-bond donors (Lipinski definition) is 2. The zero-order chi connectivity index (χ0) is 23.4. The first kappa shape index (κ1) is 22.5. The van der Waals surface area contributed by atoms with Crippen molar-refractivity contribution in [2.75, 3.05) is 31.4 Å². The summed E-state index contributed by atoms with van der Waals surface area (Å²) in [6.07, 6.45) is 1.58. The van der Waals surface area contributed by atoms with E-state index in [9.17, 15) is 9.59 Å². The topological polar surface area (TPSA) is 106 Å². The molecule has 1 fully saturated rings. The van der Waals surface area contributed by atoms with Crippen molar-refractivity contribution in [3.05, 3.63) is 58.0 Å². The van der Waals surface area contributed by atoms with Crippen LogP contribution in [0.5, 0.6) is 11.5 Å². The number of methoxy groups -OCH3 is 2. The number of benzene rings is 2. The van der Waals surface area contributed by atoms with Gasteiger partial charge in [0.2, 0.25) is 5.01 Å². The van der Waals surface area contributed by atoms with Gasteiger partial charge in [0, 0.05) is 18.3 Å². The molecule has 0 unspecified atom stereocenters. The average Bonchev–Trinajstić information content (AvgIpc) is 3.50. The van der Waals surface area contributed by atoms with Crippen LogP contribution in [0, 0.1) is 6.92 Å². The van der Waals surface area contributed by atoms with Gasteiger partial charge in [-0.3, -0.25) is 4.79 Å². The lowest BCUT2D eigenvalue weighted by Crippen LogP contribution is -2.34. The van der Waals surface area contributed by atoms with Crippen molar-refractivity contribution in [2.24, 2.45) is 0 Å². The third-order valence-corrected chi connectivity index (χ3v) is 6.41. The van der Waals surface area contributed by atoms with Gasteiger partial charge >= 0.3 is 6.03 Å². The van der Waals surface area contributed by atoms with Gasteiger partial charge in [-0.2, -0.15) is 0 Å². The molecule has 4 rings (SSSR count). The summed E-state index contributed by atoms with van der Waals surface area (Å²) in [5, 5.41) is 14.9. The molecule has 0 spiro atoms. The van der Waals surface area contributed by atoms with Crippen LogP contribution in [0.15, 0.2) is 42.5 Å². The molecule has 10 heteroatoms. The second-order valence-corrected chi connectivity index (χ2v) is 8.62. The molecule has 33 heavy (non-hydrogen) atoms. The van der Waals surface area contributed by atoms with Crippen LogP contribution in [0.4, 0.5) is 16.2 Å². The van der Waals surface area contributed by atoms with Gasteiger partial charge in [-0.15, -0.1) is 10.2 Å². The first-order valence-electron chi connectivity index (χ1n) is 10.5. The van der Waals surface area contributed by atoms with Gasteiger partial charge in [-0.25, -0.2) is 4.79 Å². The van der Waals surface area contributed by atoms with Crippen molar-refractivity contribution >= 4 is 34.6 Å². The van der Waals surface area contributed by atoms with Gasteiger partial charge in [0.25, 0.3) is 5.91 Å². The number of anilines is 2. The van der Waals surface area contributed by atoms with Crippen LogP contribution in [0.3, 0.4) is 0 Å². The number of ether oxygens (including phenoxy) is 2. The molecule has 2 aromatic carbocycles. The van der Waals surface area contributed by atoms with Crippen molar-refractivity contribution in [2.45, 2.75) is 25.8 Å². The molecule has 0 saturated carbocycles. The quantitative estimate of drug-likeness (QED) is 0.554. The Kier molecular flexibility index (Phi) is 6.74. The summed E-state index contributed by atoms with van der Waals surface area (Å²) in [4.78, 5) is 27.4. The monoisotopic (exact) mass is 467 g/mol. The minimum atomic E-state index is -0.322. The van der Waals surface area contributed by atoms with Crippen LogP contribution < -0.4 is 20.1 Å². The van der Waals surface area contributed by atoms with Crippen LogP contribution in [-0.2, 0) is 0 Å². The Morgan fingerprint density at radius 1 is 1.06 bits per heavy atom. The summed E-state index contributed by atoms with van der Waals surface area (Å²) in [6, 6.07) is 12.2. The number of aryl methyl sites for hydroxylation is 1. The molecular weight excluding hydrogens is 442 g/mol. The van der Waals surface area contributed by atoms with Gasteiger partial charge in [0.05, 0.1) is 25.9 Å². The second-order valence-electron chi connectivity index (χ2n) is 7.61. The molecule has 9 nitrogen and oxygen atoms in total. The van der Waals surface area contributed by atoms with Crippen LogP contribution in [0.1, 0.15) is 39.3 Å². The van der Waals surface area contributed by atoms with E-state index in [-0.39, 0.29) is 23.0 Å². The maximum absolute atomic E-state index is 13.1. The molecule has 1 aromatic heterocycles. The van der Waals surface area contributed by atoms with Crippen molar-refractivity contribution < 1.29 is 19.1 Å². The van der Waals surface area contributed by atoms with Crippen LogP contribution in [0.25, 0.3) is 0 Å². The maximum atomic E-state index is 13.1. The fraction of sp³-hybridized carbons (Fsp3) is 0.304. The van der Waals surface area contributed by atoms with Crippen molar-refractivity contribution in [3.63, 3.8) is 0 Å². The minimum Gasteiger partial charge on any atom is -0.497 e. The van der Waals surface area contributed by atoms with Crippen molar-refractivity contribution in [1.29, 1.82) is 0 Å². The highest BCUT2D eigenvalue weighted by Gasteiger charge is 2.33. The molecule has 3 aromatic rings. The molecule has 1 saturated heterocycles. The molecular formula is C23H25N5O4S. The fourth-order valence-corrected chi connectivity index (χ4v) is 4.53. The Labute approximate surface area is 195 Å². The number of hydrogen-bond acceptors (Lipinski definition) is 7. The summed E-state index contributed by atoms with van der Waals surface area (Å²) in [6.45, 7) is 2.56. The first-order valence-corrected chi connectivity index (χ1v) is 11.3. The van der Waals surface area contributed by atoms with Gasteiger partial charge in [0.1, 0.15) is 16.5 Å². The SMILES string of the molecule is COc1ccc(OC)c(NC(=O)N2CCC[C@H]2c2nnc(C(=O)Nc3ccc(C)cc3)s2)c1. The van der Waals surface area contributed by atoms with E-state index in [0.717, 1.165) is 18.4 Å². The lowest BCUT2D eigenvalue weighted by atomic mass is 10.2. The van der Waals surface area contributed by atoms with Crippen LogP contribution in [-0.4, -0.2) is 47.8 Å². The average molecular weight is 468 g/mol. The number of aromatic nitrogens is 2. The first-order chi connectivity index (χ1) is 16.0. The molecule has 2 N–H and O–H groups in total. The smallest absolute Gasteiger partial charge is 0.322 e. The Hall–Kier alpha value is -3.66. The second kappa shape index (κ2) is 9.86. The summed E-state index contributed by atoms with van der Waals surface area (Å²) in [7, 11) is 3.10. The molecule has 3 amide bonds. The summed E-state index contributed by atoms with van der Waals surface area (Å²) in [5.74, 6) is 0.820. The highest BCUT2D eigenvalue weighted by Crippen LogP contribution is 2.35. The predicted molar refractivity (Wildman–Crippen MR) is 126 cm³/mol. The Morgan fingerprint density at radius 3 is 2.58 bits per heavy atom. The van der Waals surface area contributed by atoms with Crippen LogP contribution >= 0.6 is 11.3 Å². The van der Waals surface area contributed by atoms with E-state index in [1.165, 1.54) is 11.3 Å². The maximum Gasteiger partial charge on any atom is 0.322 e. The highest BCUT2D eigenvalue weighted by molar-refractivity contribution is 7.13. The van der Waals surface area contributed by atoms with Gasteiger partial charge in [0.15, 0.2) is 0 Å². The van der Waals surface area contributed by atoms with Gasteiger partial charge < -0.3 is 25.0 Å². The lowest BCUT2D eigenvalue weighted by molar-refractivity contribution is 0.102. The molecule has 2 heterocycles. The molecule has 1 aliphatic heterocycles. The Balaban J connectivity index is 1.46. The molecule has 1 aliphatic rings. The normalized spacial score (nSPS) is 15.2. The minimum absolute atomic E-state index is 0.250. The van der Waals surface area contributed by atoms with Crippen molar-refractivity contribution in [3.8, 4) is 11.5 Å². The predicted octanol–water partition coefficient (Wildman–Crippen LogP) is 4.49. The molecule has 1 atom stereocenters. The van der Waals surface area contributed by atoms with E-state index in [2.05, 4.69) is 20.8 Å². The number of amides is 3. The number of carbonyl (C=O) groups is 2. The molecule has 0 radical (unpaired) electrons. The largest absolute Gasteiger partial charge is 0.497 e. The molecule has 0 bridgehead atoms. The fourth-order valence-electron chi connectivity index (χ4n) is 3.65. The summed E-state index contributed by atoms with van der Waals surface area (Å²) >= 11 is 1.20. The number of likely N-dealkylation sites (tertiary alicyclic amines) is 1. The van der Waals surface area contributed by atoms with Crippen LogP contribution in [0.2, 0.25) is 0 Å². The number of carbonyl (C=O) groups excluding carboxylic acids is 2. The van der Waals surface area contributed by atoms with E-state index in [0.29, 0.717) is 34.4 Å². The van der Waals surface area contributed by atoms with E-state index in [4.69, 9.17) is 9.47 Å². The number of nitrogens with one attached hydrogen (secondary N) is 2. The zero-order valence-electron chi connectivity index (χ0n) is 18.6. The third-order valence-electron chi connectivity index (χ3n) is 5.39. The van der Waals surface area contributed by atoms with E-state index < -0.39 is 0 Å². The zero-order valence-corrected chi connectivity index (χ0v) is 19.4. The molecule has 172 valence electrons. The van der Waals surface area contributed by atoms with Gasteiger partial charge in [-0.1, -0.05) is 29.0 Å². The van der Waals surface area contributed by atoms with E-state index >= 15 is 0 Å². The molecule has 0 aliphatic carbocycles. The summed E-state index contributed by atoms with van der Waals surface area (Å²) in [5.41, 5.74) is 2.32. The third kappa shape index (κ3) is 5.06. The highest BCUT2D eigenvalue weighted by atomic mass is 32.1. The number of nitrogens with zero attached hydrogens (tertiary/aromatic N) is 3. The Bertz CT molecular complexity index is 1150.